The fourth-order valence-corrected chi connectivity index (χ4v) is 2.57. The molecule has 1 aromatic heterocycles. The van der Waals surface area contributed by atoms with E-state index in [2.05, 4.69) is 42.8 Å². The SMILES string of the molecule is CCCCC(CC)Cn1ccc2cc(N)ccc21. The van der Waals surface area contributed by atoms with Gasteiger partial charge in [-0.05, 0) is 36.6 Å². The minimum absolute atomic E-state index is 0.790. The number of nitrogen functional groups attached to an aromatic ring is 1. The lowest BCUT2D eigenvalue weighted by atomic mass is 9.99. The predicted octanol–water partition coefficient (Wildman–Crippen LogP) is 4.44. The Labute approximate surface area is 110 Å². The Morgan fingerprint density at radius 1 is 1.22 bits per heavy atom. The van der Waals surface area contributed by atoms with Crippen molar-refractivity contribution in [1.29, 1.82) is 0 Å². The van der Waals surface area contributed by atoms with Gasteiger partial charge < -0.3 is 10.3 Å². The molecule has 18 heavy (non-hydrogen) atoms. The molecule has 2 N–H and O–H groups in total. The lowest BCUT2D eigenvalue weighted by molar-refractivity contribution is 0.396. The number of benzene rings is 1. The van der Waals surface area contributed by atoms with Crippen molar-refractivity contribution in [2.45, 2.75) is 46.1 Å². The Bertz CT molecular complexity index is 499. The highest BCUT2D eigenvalue weighted by molar-refractivity contribution is 5.83. The number of rotatable bonds is 6. The molecule has 2 nitrogen and oxygen atoms in total. The average molecular weight is 244 g/mol. The topological polar surface area (TPSA) is 30.9 Å². The van der Waals surface area contributed by atoms with E-state index in [-0.39, 0.29) is 0 Å². The molecule has 0 fully saturated rings. The molecule has 0 bridgehead atoms. The summed E-state index contributed by atoms with van der Waals surface area (Å²) in [6.07, 6.45) is 7.42. The van der Waals surface area contributed by atoms with Crippen LogP contribution in [0.15, 0.2) is 30.5 Å². The van der Waals surface area contributed by atoms with E-state index in [4.69, 9.17) is 5.73 Å². The van der Waals surface area contributed by atoms with Crippen molar-refractivity contribution in [1.82, 2.24) is 4.57 Å². The first-order valence-corrected chi connectivity index (χ1v) is 7.09. The molecule has 0 amide bonds. The van der Waals surface area contributed by atoms with E-state index in [0.29, 0.717) is 0 Å². The van der Waals surface area contributed by atoms with Crippen molar-refractivity contribution in [3.8, 4) is 0 Å². The molecule has 0 aliphatic carbocycles. The van der Waals surface area contributed by atoms with Crippen LogP contribution in [-0.4, -0.2) is 4.57 Å². The van der Waals surface area contributed by atoms with E-state index in [1.165, 1.54) is 36.6 Å². The molecule has 0 saturated carbocycles. The van der Waals surface area contributed by atoms with Crippen molar-refractivity contribution in [2.24, 2.45) is 5.92 Å². The first-order chi connectivity index (χ1) is 8.74. The predicted molar refractivity (Wildman–Crippen MR) is 79.7 cm³/mol. The van der Waals surface area contributed by atoms with Gasteiger partial charge in [0.1, 0.15) is 0 Å². The highest BCUT2D eigenvalue weighted by Crippen LogP contribution is 2.22. The molecule has 2 rings (SSSR count). The second-order valence-electron chi connectivity index (χ2n) is 5.20. The van der Waals surface area contributed by atoms with E-state index < -0.39 is 0 Å². The van der Waals surface area contributed by atoms with Gasteiger partial charge in [0.05, 0.1) is 0 Å². The molecule has 1 aromatic carbocycles. The Balaban J connectivity index is 2.15. The van der Waals surface area contributed by atoms with Crippen LogP contribution in [0.2, 0.25) is 0 Å². The van der Waals surface area contributed by atoms with Gasteiger partial charge in [-0.2, -0.15) is 0 Å². The molecule has 0 aliphatic rings. The Kier molecular flexibility index (Phi) is 4.29. The molecule has 1 unspecified atom stereocenters. The summed E-state index contributed by atoms with van der Waals surface area (Å²) < 4.78 is 2.37. The normalized spacial score (nSPS) is 13.0. The van der Waals surface area contributed by atoms with E-state index in [0.717, 1.165) is 18.2 Å². The van der Waals surface area contributed by atoms with Gasteiger partial charge in [0.25, 0.3) is 0 Å². The lowest BCUT2D eigenvalue weighted by Crippen LogP contribution is -2.09. The standard InChI is InChI=1S/C16H24N2/c1-3-5-6-13(4-2)12-18-10-9-14-11-15(17)7-8-16(14)18/h7-11,13H,3-6,12,17H2,1-2H3. The molecule has 0 saturated heterocycles. The molecule has 1 heterocycles. The summed E-state index contributed by atoms with van der Waals surface area (Å²) in [5, 5.41) is 1.25. The van der Waals surface area contributed by atoms with Crippen LogP contribution in [0, 0.1) is 5.92 Å². The van der Waals surface area contributed by atoms with Gasteiger partial charge in [0, 0.05) is 29.3 Å². The second-order valence-corrected chi connectivity index (χ2v) is 5.20. The van der Waals surface area contributed by atoms with E-state index in [9.17, 15) is 0 Å². The van der Waals surface area contributed by atoms with Crippen molar-refractivity contribution in [3.05, 3.63) is 30.5 Å². The zero-order valence-corrected chi connectivity index (χ0v) is 11.5. The van der Waals surface area contributed by atoms with Crippen LogP contribution < -0.4 is 5.73 Å². The maximum absolute atomic E-state index is 5.82. The number of fused-ring (bicyclic) bond motifs is 1. The molecule has 2 aromatic rings. The van der Waals surface area contributed by atoms with Crippen LogP contribution in [-0.2, 0) is 6.54 Å². The van der Waals surface area contributed by atoms with Gasteiger partial charge in [0.15, 0.2) is 0 Å². The fraction of sp³-hybridized carbons (Fsp3) is 0.500. The summed E-state index contributed by atoms with van der Waals surface area (Å²) in [5.41, 5.74) is 7.97. The molecular formula is C16H24N2. The summed E-state index contributed by atoms with van der Waals surface area (Å²) in [6.45, 7) is 5.69. The van der Waals surface area contributed by atoms with Crippen molar-refractivity contribution in [2.75, 3.05) is 5.73 Å². The van der Waals surface area contributed by atoms with Gasteiger partial charge in [-0.1, -0.05) is 33.1 Å². The number of hydrogen-bond acceptors (Lipinski definition) is 1. The zero-order valence-electron chi connectivity index (χ0n) is 11.5. The molecule has 0 radical (unpaired) electrons. The number of nitrogens with two attached hydrogens (primary N) is 1. The molecule has 0 spiro atoms. The quantitative estimate of drug-likeness (QED) is 0.748. The van der Waals surface area contributed by atoms with Crippen LogP contribution in [0.25, 0.3) is 10.9 Å². The summed E-state index contributed by atoms with van der Waals surface area (Å²) in [7, 11) is 0. The van der Waals surface area contributed by atoms with Gasteiger partial charge >= 0.3 is 0 Å². The smallest absolute Gasteiger partial charge is 0.0481 e. The summed E-state index contributed by atoms with van der Waals surface area (Å²) >= 11 is 0. The van der Waals surface area contributed by atoms with Gasteiger partial charge in [0.2, 0.25) is 0 Å². The highest BCUT2D eigenvalue weighted by Gasteiger charge is 2.08. The number of unbranched alkanes of at least 4 members (excludes halogenated alkanes) is 1. The number of nitrogens with zero attached hydrogens (tertiary/aromatic N) is 1. The van der Waals surface area contributed by atoms with Crippen molar-refractivity contribution < 1.29 is 0 Å². The molecule has 1 atom stereocenters. The Morgan fingerprint density at radius 3 is 2.78 bits per heavy atom. The van der Waals surface area contributed by atoms with Crippen molar-refractivity contribution >= 4 is 16.6 Å². The Hall–Kier alpha value is -1.44. The van der Waals surface area contributed by atoms with Crippen LogP contribution in [0.4, 0.5) is 5.69 Å². The average Bonchev–Trinajstić information content (AvgIpc) is 2.76. The molecule has 2 heteroatoms. The maximum atomic E-state index is 5.82. The fourth-order valence-electron chi connectivity index (χ4n) is 2.57. The molecular weight excluding hydrogens is 220 g/mol. The minimum Gasteiger partial charge on any atom is -0.399 e. The summed E-state index contributed by atoms with van der Waals surface area (Å²) in [4.78, 5) is 0. The summed E-state index contributed by atoms with van der Waals surface area (Å²) in [5.74, 6) is 0.790. The highest BCUT2D eigenvalue weighted by atomic mass is 15.0. The largest absolute Gasteiger partial charge is 0.399 e. The van der Waals surface area contributed by atoms with E-state index >= 15 is 0 Å². The monoisotopic (exact) mass is 244 g/mol. The van der Waals surface area contributed by atoms with Crippen LogP contribution in [0.5, 0.6) is 0 Å². The third-order valence-corrected chi connectivity index (χ3v) is 3.79. The second kappa shape index (κ2) is 5.94. The van der Waals surface area contributed by atoms with Gasteiger partial charge in [-0.3, -0.25) is 0 Å². The first-order valence-electron chi connectivity index (χ1n) is 7.09. The third kappa shape index (κ3) is 2.87. The number of aromatic nitrogens is 1. The molecule has 98 valence electrons. The van der Waals surface area contributed by atoms with Crippen LogP contribution in [0.1, 0.15) is 39.5 Å². The third-order valence-electron chi connectivity index (χ3n) is 3.79. The maximum Gasteiger partial charge on any atom is 0.0481 e. The number of anilines is 1. The van der Waals surface area contributed by atoms with E-state index in [1.807, 2.05) is 6.07 Å². The van der Waals surface area contributed by atoms with Gasteiger partial charge in [-0.25, -0.2) is 0 Å². The zero-order chi connectivity index (χ0) is 13.0. The molecule has 0 aliphatic heterocycles. The lowest BCUT2D eigenvalue weighted by Gasteiger charge is -2.16. The minimum atomic E-state index is 0.790. The summed E-state index contributed by atoms with van der Waals surface area (Å²) in [6, 6.07) is 8.35. The first kappa shape index (κ1) is 13.0. The van der Waals surface area contributed by atoms with Gasteiger partial charge in [-0.15, -0.1) is 0 Å². The van der Waals surface area contributed by atoms with Crippen LogP contribution >= 0.6 is 0 Å². The van der Waals surface area contributed by atoms with Crippen LogP contribution in [0.3, 0.4) is 0 Å². The van der Waals surface area contributed by atoms with Crippen molar-refractivity contribution in [3.63, 3.8) is 0 Å². The Morgan fingerprint density at radius 2 is 2.06 bits per heavy atom. The number of hydrogen-bond donors (Lipinski definition) is 1. The van der Waals surface area contributed by atoms with E-state index in [1.54, 1.807) is 0 Å².